The van der Waals surface area contributed by atoms with Crippen LogP contribution in [0.3, 0.4) is 0 Å². The van der Waals surface area contributed by atoms with E-state index in [4.69, 9.17) is 37.9 Å². The zero-order valence-electron chi connectivity index (χ0n) is 25.5. The van der Waals surface area contributed by atoms with Crippen molar-refractivity contribution in [3.63, 3.8) is 0 Å². The van der Waals surface area contributed by atoms with E-state index in [2.05, 4.69) is 0 Å². The molecular formula is C27H50N2O12S. The Labute approximate surface area is 250 Å². The molecule has 0 aromatic heterocycles. The quantitative estimate of drug-likeness (QED) is 0.0983. The molecule has 0 unspecified atom stereocenters. The molecule has 1 rings (SSSR count). The maximum absolute atomic E-state index is 13.7. The van der Waals surface area contributed by atoms with Gasteiger partial charge < -0.3 is 48.1 Å². The number of hydrogen-bond acceptors (Lipinski definition) is 13. The first kappa shape index (κ1) is 38.4. The predicted octanol–water partition coefficient (Wildman–Crippen LogP) is 0.543. The lowest BCUT2D eigenvalue weighted by atomic mass is 10.2. The molecule has 0 saturated heterocycles. The van der Waals surface area contributed by atoms with Gasteiger partial charge in [0.1, 0.15) is 4.90 Å². The third-order valence-electron chi connectivity index (χ3n) is 5.94. The highest BCUT2D eigenvalue weighted by Crippen LogP contribution is 2.35. The zero-order valence-corrected chi connectivity index (χ0v) is 26.3. The van der Waals surface area contributed by atoms with Crippen molar-refractivity contribution >= 4 is 10.0 Å². The minimum absolute atomic E-state index is 0.00780. The number of phenols is 2. The molecule has 0 aliphatic rings. The van der Waals surface area contributed by atoms with Gasteiger partial charge in [0.05, 0.1) is 79.3 Å². The van der Waals surface area contributed by atoms with Crippen molar-refractivity contribution in [2.24, 2.45) is 0 Å². The molecule has 0 aliphatic heterocycles. The van der Waals surface area contributed by atoms with Gasteiger partial charge in [-0.25, -0.2) is 8.42 Å². The maximum atomic E-state index is 13.7. The highest BCUT2D eigenvalue weighted by molar-refractivity contribution is 7.89. The Bertz CT molecular complexity index is 895. The molecule has 0 bridgehead atoms. The van der Waals surface area contributed by atoms with E-state index in [9.17, 15) is 18.6 Å². The predicted molar refractivity (Wildman–Crippen MR) is 155 cm³/mol. The average Bonchev–Trinajstić information content (AvgIpc) is 2.97. The molecule has 1 aromatic rings. The van der Waals surface area contributed by atoms with Crippen LogP contribution in [0.4, 0.5) is 0 Å². The van der Waals surface area contributed by atoms with Gasteiger partial charge >= 0.3 is 0 Å². The van der Waals surface area contributed by atoms with Crippen molar-refractivity contribution in [2.45, 2.75) is 11.4 Å². The number of hydrogen-bond donors (Lipinski definition) is 2. The molecule has 1 aromatic carbocycles. The normalized spacial score (nSPS) is 12.1. The molecule has 2 N–H and O–H groups in total. The highest BCUT2D eigenvalue weighted by Gasteiger charge is 2.29. The summed E-state index contributed by atoms with van der Waals surface area (Å²) < 4.78 is 70.8. The lowest BCUT2D eigenvalue weighted by molar-refractivity contribution is 0.0364. The Morgan fingerprint density at radius 2 is 1.00 bits per heavy atom. The fourth-order valence-electron chi connectivity index (χ4n) is 3.65. The van der Waals surface area contributed by atoms with Crippen LogP contribution in [0.5, 0.6) is 11.5 Å². The van der Waals surface area contributed by atoms with Gasteiger partial charge in [0, 0.05) is 61.2 Å². The Morgan fingerprint density at radius 3 is 1.40 bits per heavy atom. The average molecular weight is 627 g/mol. The number of sulfonamides is 1. The van der Waals surface area contributed by atoms with E-state index >= 15 is 0 Å². The SMILES string of the molecule is COCCOCCN(CCOCCOC)Cc1cc(O)c(O)c(S(=O)(=O)N(CCOCCOC)CCOCCOC)c1. The summed E-state index contributed by atoms with van der Waals surface area (Å²) in [5.41, 5.74) is 0.491. The van der Waals surface area contributed by atoms with Crippen molar-refractivity contribution < 1.29 is 56.5 Å². The molecule has 14 nitrogen and oxygen atoms in total. The Hall–Kier alpha value is -1.63. The minimum atomic E-state index is -4.25. The van der Waals surface area contributed by atoms with Gasteiger partial charge in [0.2, 0.25) is 10.0 Å². The van der Waals surface area contributed by atoms with E-state index in [0.717, 1.165) is 4.31 Å². The van der Waals surface area contributed by atoms with Gasteiger partial charge in [0.15, 0.2) is 11.5 Å². The standard InChI is InChI=1S/C27H50N2O12S/c1-34-13-17-38-9-5-28(6-10-39-18-14-35-2)23-24-21-25(30)27(31)26(22-24)42(32,33)29(7-11-40-19-15-36-3)8-12-41-20-16-37-4/h21-22,30-31H,5-20,23H2,1-4H3. The maximum Gasteiger partial charge on any atom is 0.247 e. The van der Waals surface area contributed by atoms with E-state index in [1.807, 2.05) is 4.90 Å². The number of rotatable bonds is 28. The molecule has 0 saturated carbocycles. The summed E-state index contributed by atoms with van der Waals surface area (Å²) in [7, 11) is 2.04. The number of benzene rings is 1. The second kappa shape index (κ2) is 23.8. The van der Waals surface area contributed by atoms with Crippen molar-refractivity contribution in [3.05, 3.63) is 17.7 Å². The smallest absolute Gasteiger partial charge is 0.247 e. The number of aromatic hydroxyl groups is 2. The summed E-state index contributed by atoms with van der Waals surface area (Å²) in [6, 6.07) is 2.73. The fraction of sp³-hybridized carbons (Fsp3) is 0.778. The largest absolute Gasteiger partial charge is 0.504 e. The third-order valence-corrected chi connectivity index (χ3v) is 7.85. The van der Waals surface area contributed by atoms with E-state index in [1.54, 1.807) is 28.4 Å². The van der Waals surface area contributed by atoms with Gasteiger partial charge in [0.25, 0.3) is 0 Å². The molecule has 0 aliphatic carbocycles. The number of methoxy groups -OCH3 is 4. The number of ether oxygens (including phenoxy) is 8. The van der Waals surface area contributed by atoms with E-state index in [0.29, 0.717) is 84.7 Å². The van der Waals surface area contributed by atoms with Gasteiger partial charge in [-0.15, -0.1) is 0 Å². The molecule has 0 spiro atoms. The van der Waals surface area contributed by atoms with Crippen LogP contribution in [0, 0.1) is 0 Å². The van der Waals surface area contributed by atoms with Crippen LogP contribution < -0.4 is 0 Å². The molecule has 15 heteroatoms. The first-order valence-corrected chi connectivity index (χ1v) is 15.3. The van der Waals surface area contributed by atoms with E-state index in [-0.39, 0.29) is 32.8 Å². The van der Waals surface area contributed by atoms with Crippen molar-refractivity contribution in [1.29, 1.82) is 0 Å². The Morgan fingerprint density at radius 1 is 0.595 bits per heavy atom. The topological polar surface area (TPSA) is 155 Å². The van der Waals surface area contributed by atoms with Crippen LogP contribution in [0.15, 0.2) is 17.0 Å². The summed E-state index contributed by atoms with van der Waals surface area (Å²) in [4.78, 5) is 1.60. The first-order valence-electron chi connectivity index (χ1n) is 13.9. The zero-order chi connectivity index (χ0) is 31.1. The molecule has 246 valence electrons. The first-order chi connectivity index (χ1) is 20.3. The minimum Gasteiger partial charge on any atom is -0.504 e. The van der Waals surface area contributed by atoms with Gasteiger partial charge in [-0.1, -0.05) is 0 Å². The van der Waals surface area contributed by atoms with Gasteiger partial charge in [-0.05, 0) is 17.7 Å². The van der Waals surface area contributed by atoms with E-state index in [1.165, 1.54) is 12.1 Å². The van der Waals surface area contributed by atoms with Crippen molar-refractivity contribution in [1.82, 2.24) is 9.21 Å². The second-order valence-electron chi connectivity index (χ2n) is 9.06. The monoisotopic (exact) mass is 626 g/mol. The van der Waals surface area contributed by atoms with Crippen LogP contribution in [0.25, 0.3) is 0 Å². The van der Waals surface area contributed by atoms with Crippen LogP contribution in [0.1, 0.15) is 5.56 Å². The lowest BCUT2D eigenvalue weighted by Gasteiger charge is -2.25. The summed E-state index contributed by atoms with van der Waals surface area (Å²) in [6.45, 7) is 5.53. The van der Waals surface area contributed by atoms with Crippen LogP contribution in [-0.2, 0) is 54.5 Å². The molecule has 0 heterocycles. The molecule has 0 radical (unpaired) electrons. The number of phenolic OH excluding ortho intramolecular Hbond substituents is 2. The highest BCUT2D eigenvalue weighted by atomic mass is 32.2. The summed E-state index contributed by atoms with van der Waals surface area (Å²) in [6.07, 6.45) is 0. The molecule has 42 heavy (non-hydrogen) atoms. The summed E-state index contributed by atoms with van der Waals surface area (Å²) >= 11 is 0. The third kappa shape index (κ3) is 15.7. The molecular weight excluding hydrogens is 576 g/mol. The molecule has 0 fully saturated rings. The van der Waals surface area contributed by atoms with Crippen LogP contribution in [0.2, 0.25) is 0 Å². The summed E-state index contributed by atoms with van der Waals surface area (Å²) in [5.74, 6) is -1.26. The molecule has 0 amide bonds. The lowest BCUT2D eigenvalue weighted by Crippen LogP contribution is -2.37. The van der Waals surface area contributed by atoms with Crippen LogP contribution >= 0.6 is 0 Å². The Balaban J connectivity index is 3.11. The van der Waals surface area contributed by atoms with Crippen molar-refractivity contribution in [2.75, 3.05) is 134 Å². The van der Waals surface area contributed by atoms with Crippen molar-refractivity contribution in [3.8, 4) is 11.5 Å². The molecule has 0 atom stereocenters. The number of nitrogens with zero attached hydrogens (tertiary/aromatic N) is 2. The van der Waals surface area contributed by atoms with Crippen LogP contribution in [-0.4, -0.2) is 162 Å². The van der Waals surface area contributed by atoms with Gasteiger partial charge in [-0.2, -0.15) is 4.31 Å². The fourth-order valence-corrected chi connectivity index (χ4v) is 5.21. The Kier molecular flexibility index (Phi) is 21.7. The summed E-state index contributed by atoms with van der Waals surface area (Å²) in [5, 5.41) is 21.2. The second-order valence-corrected chi connectivity index (χ2v) is 11.0. The van der Waals surface area contributed by atoms with E-state index < -0.39 is 26.4 Å². The van der Waals surface area contributed by atoms with Gasteiger partial charge in [-0.3, -0.25) is 4.90 Å².